The minimum absolute atomic E-state index is 0.400. The zero-order chi connectivity index (χ0) is 13.1. The molecule has 2 aromatic rings. The van der Waals surface area contributed by atoms with Crippen LogP contribution in [0.5, 0.6) is 0 Å². The van der Waals surface area contributed by atoms with Gasteiger partial charge in [-0.05, 0) is 50.6 Å². The summed E-state index contributed by atoms with van der Waals surface area (Å²) >= 11 is 0. The molecule has 96 valence electrons. The molecular formula is C14H20N4. The van der Waals surface area contributed by atoms with E-state index in [0.29, 0.717) is 6.04 Å². The van der Waals surface area contributed by atoms with Crippen molar-refractivity contribution in [1.29, 1.82) is 0 Å². The van der Waals surface area contributed by atoms with Gasteiger partial charge in [0.05, 0.1) is 12.2 Å². The van der Waals surface area contributed by atoms with Crippen LogP contribution in [0.3, 0.4) is 0 Å². The molecular weight excluding hydrogens is 224 g/mol. The zero-order valence-corrected chi connectivity index (χ0v) is 11.1. The van der Waals surface area contributed by atoms with Crippen molar-refractivity contribution < 1.29 is 0 Å². The zero-order valence-electron chi connectivity index (χ0n) is 11.1. The van der Waals surface area contributed by atoms with Crippen molar-refractivity contribution in [1.82, 2.24) is 9.78 Å². The van der Waals surface area contributed by atoms with Crippen LogP contribution in [0.4, 0.5) is 11.4 Å². The molecule has 0 amide bonds. The first-order valence-corrected chi connectivity index (χ1v) is 6.20. The van der Waals surface area contributed by atoms with E-state index in [1.807, 2.05) is 36.0 Å². The Kier molecular flexibility index (Phi) is 3.55. The first-order chi connectivity index (χ1) is 8.56. The highest BCUT2D eigenvalue weighted by molar-refractivity contribution is 5.56. The lowest BCUT2D eigenvalue weighted by atomic mass is 10.2. The van der Waals surface area contributed by atoms with Gasteiger partial charge in [0.2, 0.25) is 0 Å². The molecule has 18 heavy (non-hydrogen) atoms. The molecule has 3 N–H and O–H groups in total. The maximum absolute atomic E-state index is 5.79. The summed E-state index contributed by atoms with van der Waals surface area (Å²) in [6.45, 7) is 6.97. The highest BCUT2D eigenvalue weighted by atomic mass is 15.3. The predicted molar refractivity (Wildman–Crippen MR) is 75.5 cm³/mol. The summed E-state index contributed by atoms with van der Waals surface area (Å²) in [5.41, 5.74) is 9.81. The molecule has 0 bridgehead atoms. The first-order valence-electron chi connectivity index (χ1n) is 6.20. The molecule has 0 aliphatic heterocycles. The van der Waals surface area contributed by atoms with Gasteiger partial charge in [-0.1, -0.05) is 0 Å². The van der Waals surface area contributed by atoms with Crippen LogP contribution < -0.4 is 11.1 Å². The van der Waals surface area contributed by atoms with E-state index in [1.54, 1.807) is 0 Å². The predicted octanol–water partition coefficient (Wildman–Crippen LogP) is 2.97. The van der Waals surface area contributed by atoms with E-state index in [9.17, 15) is 0 Å². The maximum atomic E-state index is 5.79. The summed E-state index contributed by atoms with van der Waals surface area (Å²) in [5.74, 6) is 0. The van der Waals surface area contributed by atoms with E-state index in [-0.39, 0.29) is 0 Å². The highest BCUT2D eigenvalue weighted by Crippen LogP contribution is 2.17. The molecule has 0 fully saturated rings. The van der Waals surface area contributed by atoms with Crippen molar-refractivity contribution >= 4 is 11.4 Å². The van der Waals surface area contributed by atoms with Gasteiger partial charge in [0, 0.05) is 23.6 Å². The maximum Gasteiger partial charge on any atom is 0.0815 e. The van der Waals surface area contributed by atoms with Crippen molar-refractivity contribution in [2.45, 2.75) is 33.4 Å². The topological polar surface area (TPSA) is 55.9 Å². The summed E-state index contributed by atoms with van der Waals surface area (Å²) < 4.78 is 1.96. The Labute approximate surface area is 108 Å². The van der Waals surface area contributed by atoms with Crippen LogP contribution in [0, 0.1) is 6.92 Å². The number of anilines is 2. The van der Waals surface area contributed by atoms with Gasteiger partial charge in [-0.3, -0.25) is 4.68 Å². The Morgan fingerprint density at radius 2 is 2.11 bits per heavy atom. The number of nitrogens with one attached hydrogen (secondary N) is 1. The molecule has 4 nitrogen and oxygen atoms in total. The fourth-order valence-corrected chi connectivity index (χ4v) is 1.74. The van der Waals surface area contributed by atoms with E-state index in [1.165, 1.54) is 0 Å². The third-order valence-electron chi connectivity index (χ3n) is 2.94. The van der Waals surface area contributed by atoms with Crippen LogP contribution >= 0.6 is 0 Å². The van der Waals surface area contributed by atoms with Gasteiger partial charge in [0.15, 0.2) is 0 Å². The number of benzene rings is 1. The Bertz CT molecular complexity index is 528. The highest BCUT2D eigenvalue weighted by Gasteiger charge is 2.02. The Hall–Kier alpha value is -1.97. The lowest BCUT2D eigenvalue weighted by molar-refractivity contribution is 0.527. The molecule has 0 radical (unpaired) electrons. The standard InChI is InChI=1S/C14H20N4/c1-10(2)18-7-6-13(17-18)9-16-12-4-5-14(15)11(3)8-12/h4-8,10,16H,9,15H2,1-3H3. The normalized spacial score (nSPS) is 10.9. The smallest absolute Gasteiger partial charge is 0.0815 e. The fraction of sp³-hybridized carbons (Fsp3) is 0.357. The Balaban J connectivity index is 2.00. The molecule has 2 rings (SSSR count). The fourth-order valence-electron chi connectivity index (χ4n) is 1.74. The first kappa shape index (κ1) is 12.5. The molecule has 0 spiro atoms. The van der Waals surface area contributed by atoms with Crippen LogP contribution in [-0.2, 0) is 6.54 Å². The Morgan fingerprint density at radius 1 is 1.33 bits per heavy atom. The molecule has 1 aromatic heterocycles. The molecule has 1 heterocycles. The number of aryl methyl sites for hydroxylation is 1. The van der Waals surface area contributed by atoms with Gasteiger partial charge in [-0.15, -0.1) is 0 Å². The van der Waals surface area contributed by atoms with Crippen molar-refractivity contribution in [3.63, 3.8) is 0 Å². The van der Waals surface area contributed by atoms with E-state index in [4.69, 9.17) is 5.73 Å². The second kappa shape index (κ2) is 5.12. The second-order valence-corrected chi connectivity index (χ2v) is 4.81. The van der Waals surface area contributed by atoms with Crippen molar-refractivity contribution in [2.75, 3.05) is 11.1 Å². The van der Waals surface area contributed by atoms with Gasteiger partial charge in [-0.25, -0.2) is 0 Å². The van der Waals surface area contributed by atoms with E-state index < -0.39 is 0 Å². The molecule has 0 saturated carbocycles. The molecule has 0 aliphatic rings. The number of hydrogen-bond donors (Lipinski definition) is 2. The van der Waals surface area contributed by atoms with Crippen molar-refractivity contribution in [2.24, 2.45) is 0 Å². The van der Waals surface area contributed by atoms with E-state index in [0.717, 1.165) is 29.2 Å². The van der Waals surface area contributed by atoms with Crippen LogP contribution in [0.15, 0.2) is 30.5 Å². The number of rotatable bonds is 4. The lowest BCUT2D eigenvalue weighted by Crippen LogP contribution is -2.05. The average Bonchev–Trinajstić information content (AvgIpc) is 2.79. The second-order valence-electron chi connectivity index (χ2n) is 4.81. The van der Waals surface area contributed by atoms with E-state index >= 15 is 0 Å². The summed E-state index contributed by atoms with van der Waals surface area (Å²) in [6, 6.07) is 8.40. The van der Waals surface area contributed by atoms with Gasteiger partial charge in [0.1, 0.15) is 0 Å². The molecule has 0 saturated heterocycles. The molecule has 0 aliphatic carbocycles. The number of aromatic nitrogens is 2. The molecule has 1 aromatic carbocycles. The number of nitrogens with two attached hydrogens (primary N) is 1. The monoisotopic (exact) mass is 244 g/mol. The summed E-state index contributed by atoms with van der Waals surface area (Å²) in [7, 11) is 0. The van der Waals surface area contributed by atoms with E-state index in [2.05, 4.69) is 30.3 Å². The van der Waals surface area contributed by atoms with Gasteiger partial charge in [0.25, 0.3) is 0 Å². The summed E-state index contributed by atoms with van der Waals surface area (Å²) in [6.07, 6.45) is 2.01. The van der Waals surface area contributed by atoms with Gasteiger partial charge < -0.3 is 11.1 Å². The molecule has 4 heteroatoms. The van der Waals surface area contributed by atoms with Crippen LogP contribution in [-0.4, -0.2) is 9.78 Å². The van der Waals surface area contributed by atoms with Crippen molar-refractivity contribution in [3.05, 3.63) is 41.7 Å². The number of nitrogen functional groups attached to an aromatic ring is 1. The van der Waals surface area contributed by atoms with Crippen LogP contribution in [0.1, 0.15) is 31.1 Å². The van der Waals surface area contributed by atoms with Crippen LogP contribution in [0.2, 0.25) is 0 Å². The largest absolute Gasteiger partial charge is 0.399 e. The van der Waals surface area contributed by atoms with Gasteiger partial charge in [-0.2, -0.15) is 5.10 Å². The molecule has 0 unspecified atom stereocenters. The SMILES string of the molecule is Cc1cc(NCc2ccn(C(C)C)n2)ccc1N. The third kappa shape index (κ3) is 2.83. The third-order valence-corrected chi connectivity index (χ3v) is 2.94. The number of hydrogen-bond acceptors (Lipinski definition) is 3. The minimum atomic E-state index is 0.400. The summed E-state index contributed by atoms with van der Waals surface area (Å²) in [4.78, 5) is 0. The summed E-state index contributed by atoms with van der Waals surface area (Å²) in [5, 5.41) is 7.84. The quantitative estimate of drug-likeness (QED) is 0.813. The van der Waals surface area contributed by atoms with Gasteiger partial charge >= 0.3 is 0 Å². The Morgan fingerprint density at radius 3 is 2.72 bits per heavy atom. The van der Waals surface area contributed by atoms with Crippen LogP contribution in [0.25, 0.3) is 0 Å². The number of nitrogens with zero attached hydrogens (tertiary/aromatic N) is 2. The average molecular weight is 244 g/mol. The molecule has 0 atom stereocenters. The minimum Gasteiger partial charge on any atom is -0.399 e. The van der Waals surface area contributed by atoms with Crippen molar-refractivity contribution in [3.8, 4) is 0 Å². The lowest BCUT2D eigenvalue weighted by Gasteiger charge is -2.07.